The van der Waals surface area contributed by atoms with E-state index in [0.29, 0.717) is 18.6 Å². The zero-order chi connectivity index (χ0) is 26.7. The number of nitrogens with zero attached hydrogens (tertiary/aromatic N) is 1. The summed E-state index contributed by atoms with van der Waals surface area (Å²) >= 11 is 9.12. The molecule has 12 nitrogen and oxygen atoms in total. The van der Waals surface area contributed by atoms with E-state index in [9.17, 15) is 19.3 Å². The summed E-state index contributed by atoms with van der Waals surface area (Å²) in [7, 11) is -1.74. The van der Waals surface area contributed by atoms with Gasteiger partial charge in [-0.05, 0) is 25.2 Å². The Morgan fingerprint density at radius 3 is 2.56 bits per heavy atom. The topological polar surface area (TPSA) is 148 Å². The SMILES string of the molecule is BC1CC(OP(C)(=S)OCC)C(COP(C)(=O)OC2CC(n3cc([CH2][Fe])c(=O)[nH]c3=O)OC2CO)O1. The van der Waals surface area contributed by atoms with Crippen LogP contribution < -0.4 is 11.2 Å². The van der Waals surface area contributed by atoms with Crippen LogP contribution >= 0.6 is 14.1 Å². The Morgan fingerprint density at radius 2 is 1.92 bits per heavy atom. The van der Waals surface area contributed by atoms with Gasteiger partial charge < -0.3 is 13.8 Å². The molecule has 2 aliphatic heterocycles. The van der Waals surface area contributed by atoms with Crippen molar-refractivity contribution >= 4 is 33.7 Å². The van der Waals surface area contributed by atoms with Gasteiger partial charge >= 0.3 is 145 Å². The van der Waals surface area contributed by atoms with Gasteiger partial charge in [0.1, 0.15) is 7.85 Å². The van der Waals surface area contributed by atoms with Gasteiger partial charge in [-0.15, -0.1) is 0 Å². The number of hydrogen-bond acceptors (Lipinski definition) is 11. The van der Waals surface area contributed by atoms with Gasteiger partial charge in [0.05, 0.1) is 12.7 Å². The second kappa shape index (κ2) is 12.8. The van der Waals surface area contributed by atoms with Gasteiger partial charge in [-0.1, -0.05) is 0 Å². The fourth-order valence-corrected chi connectivity index (χ4v) is 7.51. The van der Waals surface area contributed by atoms with E-state index >= 15 is 0 Å². The van der Waals surface area contributed by atoms with Gasteiger partial charge in [0, 0.05) is 12.7 Å². The van der Waals surface area contributed by atoms with Gasteiger partial charge in [-0.25, -0.2) is 0 Å². The molecular formula is C19H32BFeN2O10P2S. The van der Waals surface area contributed by atoms with Crippen molar-refractivity contribution in [3.8, 4) is 0 Å². The van der Waals surface area contributed by atoms with Crippen molar-refractivity contribution in [1.29, 1.82) is 0 Å². The van der Waals surface area contributed by atoms with E-state index in [1.54, 1.807) is 6.66 Å². The molecule has 2 N–H and O–H groups in total. The molecule has 0 spiro atoms. The predicted octanol–water partition coefficient (Wildman–Crippen LogP) is 0.197. The van der Waals surface area contributed by atoms with Crippen LogP contribution in [0.2, 0.25) is 0 Å². The normalized spacial score (nSPS) is 31.8. The molecular weight excluding hydrogens is 577 g/mol. The molecule has 8 atom stereocenters. The quantitative estimate of drug-likeness (QED) is 0.248. The Bertz CT molecular complexity index is 1120. The number of nitrogens with one attached hydrogen (secondary N) is 1. The minimum absolute atomic E-state index is 0.0583. The molecule has 2 saturated heterocycles. The van der Waals surface area contributed by atoms with Gasteiger partial charge in [0.15, 0.2) is 6.49 Å². The molecule has 1 aromatic rings. The van der Waals surface area contributed by atoms with Crippen LogP contribution in [0.3, 0.4) is 0 Å². The summed E-state index contributed by atoms with van der Waals surface area (Å²) in [6.45, 7) is 2.41. The summed E-state index contributed by atoms with van der Waals surface area (Å²) < 4.78 is 49.0. The van der Waals surface area contributed by atoms with Gasteiger partial charge in [-0.3, -0.25) is 0 Å². The zero-order valence-corrected chi connectivity index (χ0v) is 24.2. The van der Waals surface area contributed by atoms with Crippen LogP contribution in [0.4, 0.5) is 0 Å². The van der Waals surface area contributed by atoms with E-state index < -0.39 is 56.5 Å². The number of hydrogen-bond donors (Lipinski definition) is 2. The van der Waals surface area contributed by atoms with Gasteiger partial charge in [0.2, 0.25) is 0 Å². The molecule has 0 saturated carbocycles. The molecule has 8 unspecified atom stereocenters. The monoisotopic (exact) mass is 609 g/mol. The summed E-state index contributed by atoms with van der Waals surface area (Å²) in [5, 5.41) is 9.96. The minimum Gasteiger partial charge on any atom is -0.379 e. The molecule has 1 aromatic heterocycles. The Labute approximate surface area is 223 Å². The Morgan fingerprint density at radius 1 is 1.22 bits per heavy atom. The van der Waals surface area contributed by atoms with Crippen molar-refractivity contribution in [1.82, 2.24) is 9.55 Å². The number of aliphatic hydroxyl groups excluding tert-OH is 1. The van der Waals surface area contributed by atoms with Crippen molar-refractivity contribution in [2.24, 2.45) is 0 Å². The molecule has 2 fully saturated rings. The van der Waals surface area contributed by atoms with Crippen molar-refractivity contribution in [3.05, 3.63) is 32.6 Å². The fraction of sp³-hybridized carbons (Fsp3) is 0.789. The summed E-state index contributed by atoms with van der Waals surface area (Å²) in [5.74, 6) is 0. The summed E-state index contributed by atoms with van der Waals surface area (Å²) in [6.07, 6.45) is -1.35. The molecule has 3 heterocycles. The van der Waals surface area contributed by atoms with Crippen LogP contribution in [0, 0.1) is 0 Å². The molecule has 205 valence electrons. The molecule has 2 aliphatic rings. The Hall–Kier alpha value is -0.136. The van der Waals surface area contributed by atoms with E-state index in [1.165, 1.54) is 17.4 Å². The summed E-state index contributed by atoms with van der Waals surface area (Å²) in [6, 6.07) is -0.0982. The maximum Gasteiger partial charge on any atom is -0.379 e. The first-order chi connectivity index (χ1) is 16.9. The van der Waals surface area contributed by atoms with Crippen LogP contribution in [-0.4, -0.2) is 86.1 Å². The third-order valence-electron chi connectivity index (χ3n) is 5.72. The van der Waals surface area contributed by atoms with Crippen LogP contribution in [0.5, 0.6) is 0 Å². The van der Waals surface area contributed by atoms with Crippen molar-refractivity contribution in [3.63, 3.8) is 0 Å². The van der Waals surface area contributed by atoms with Crippen molar-refractivity contribution in [2.75, 3.05) is 33.2 Å². The first-order valence-electron chi connectivity index (χ1n) is 11.5. The summed E-state index contributed by atoms with van der Waals surface area (Å²) in [5.41, 5.74) is -0.887. The fourth-order valence-electron chi connectivity index (χ4n) is 4.15. The maximum absolute atomic E-state index is 13.2. The molecule has 0 aromatic carbocycles. The van der Waals surface area contributed by atoms with Crippen LogP contribution in [0.15, 0.2) is 15.8 Å². The smallest absolute Gasteiger partial charge is 0.379 e. The molecule has 0 bridgehead atoms. The second-order valence-electron chi connectivity index (χ2n) is 8.76. The molecule has 3 rings (SSSR count). The maximum atomic E-state index is 13.2. The Balaban J connectivity index is 1.64. The molecule has 36 heavy (non-hydrogen) atoms. The summed E-state index contributed by atoms with van der Waals surface area (Å²) in [4.78, 5) is 26.4. The van der Waals surface area contributed by atoms with E-state index in [0.717, 1.165) is 0 Å². The third-order valence-corrected chi connectivity index (χ3v) is 9.37. The standard InChI is InChI=1S/C19H32BN2O10P2S.Fe/c1-5-27-34(4,35)32-12-6-16(20)29-15(12)10-28-33(3,26)31-13-7-17(30-14(13)9-23)22-8-11(2)18(24)21-19(22)25;/h8,12-17,23H,2,5-7,9-10,20H2,1,3-4H3,(H,21,24,25);. The van der Waals surface area contributed by atoms with E-state index in [2.05, 4.69) is 21.0 Å². The van der Waals surface area contributed by atoms with E-state index in [1.807, 2.05) is 14.8 Å². The molecule has 17 heteroatoms. The Kier molecular flexibility index (Phi) is 10.8. The number of ether oxygens (including phenoxy) is 2. The van der Waals surface area contributed by atoms with Crippen LogP contribution in [0.1, 0.15) is 31.6 Å². The van der Waals surface area contributed by atoms with Crippen molar-refractivity contribution in [2.45, 2.75) is 61.7 Å². The number of rotatable bonds is 12. The number of H-pyrrole nitrogens is 1. The van der Waals surface area contributed by atoms with Gasteiger partial charge in [-0.2, -0.15) is 0 Å². The first kappa shape index (κ1) is 30.4. The third kappa shape index (κ3) is 7.94. The number of aromatic nitrogens is 2. The first-order valence-corrected chi connectivity index (χ1v) is 17.3. The average Bonchev–Trinajstić information content (AvgIpc) is 3.33. The minimum atomic E-state index is -3.64. The zero-order valence-electron chi connectivity index (χ0n) is 20.5. The molecule has 0 aliphatic carbocycles. The molecule has 0 amide bonds. The van der Waals surface area contributed by atoms with Crippen LogP contribution in [-0.2, 0) is 65.3 Å². The molecule has 0 radical (unpaired) electrons. The second-order valence-corrected chi connectivity index (χ2v) is 15.2. The number of aliphatic hydroxyl groups is 1. The number of aromatic amines is 1. The van der Waals surface area contributed by atoms with E-state index in [-0.39, 0.29) is 30.5 Å². The van der Waals surface area contributed by atoms with Crippen LogP contribution in [0.25, 0.3) is 0 Å². The largest absolute Gasteiger partial charge is 0.379 e. The van der Waals surface area contributed by atoms with E-state index in [4.69, 9.17) is 39.4 Å². The average molecular weight is 609 g/mol. The predicted molar refractivity (Wildman–Crippen MR) is 134 cm³/mol. The van der Waals surface area contributed by atoms with Crippen molar-refractivity contribution < 1.29 is 53.3 Å². The van der Waals surface area contributed by atoms with Gasteiger partial charge in [0.25, 0.3) is 0 Å².